The third-order valence-corrected chi connectivity index (χ3v) is 2.35. The molecule has 0 aliphatic heterocycles. The normalized spacial score (nSPS) is 15.0. The van der Waals surface area contributed by atoms with Gasteiger partial charge in [-0.25, -0.2) is 4.21 Å². The predicted molar refractivity (Wildman–Crippen MR) is 52.2 cm³/mol. The smallest absolute Gasteiger partial charge is 0.261 e. The molecule has 78 valence electrons. The zero-order valence-electron chi connectivity index (χ0n) is 8.08. The number of nitrogens with one attached hydrogen (secondary N) is 1. The summed E-state index contributed by atoms with van der Waals surface area (Å²) in [7, 11) is 0. The minimum atomic E-state index is -2.22. The van der Waals surface area contributed by atoms with Gasteiger partial charge in [-0.05, 0) is 5.92 Å². The Morgan fingerprint density at radius 3 is 2.54 bits per heavy atom. The quantitative estimate of drug-likeness (QED) is 0.648. The van der Waals surface area contributed by atoms with E-state index < -0.39 is 11.3 Å². The summed E-state index contributed by atoms with van der Waals surface area (Å²) in [5.74, 6) is -0.0188. The van der Waals surface area contributed by atoms with Gasteiger partial charge in [-0.15, -0.1) is 0 Å². The molecule has 0 aliphatic rings. The molecular weight excluding hydrogens is 190 g/mol. The van der Waals surface area contributed by atoms with Crippen molar-refractivity contribution in [2.24, 2.45) is 5.92 Å². The van der Waals surface area contributed by atoms with E-state index in [4.69, 9.17) is 4.55 Å². The van der Waals surface area contributed by atoms with E-state index in [1.165, 1.54) is 0 Å². The molecule has 0 spiro atoms. The Balaban J connectivity index is 3.79. The SMILES string of the molecule is CCCC(CC)CC(=O)NS(=O)O. The molecule has 0 heterocycles. The molecule has 0 saturated heterocycles. The predicted octanol–water partition coefficient (Wildman–Crippen LogP) is 1.46. The van der Waals surface area contributed by atoms with Crippen LogP contribution in [0.4, 0.5) is 0 Å². The lowest BCUT2D eigenvalue weighted by molar-refractivity contribution is -0.120. The lowest BCUT2D eigenvalue weighted by Gasteiger charge is -2.11. The number of rotatable bonds is 6. The van der Waals surface area contributed by atoms with Crippen LogP contribution < -0.4 is 4.72 Å². The first kappa shape index (κ1) is 12.6. The number of carbonyl (C=O) groups excluding carboxylic acids is 1. The second kappa shape index (κ2) is 7.03. The summed E-state index contributed by atoms with van der Waals surface area (Å²) >= 11 is -2.22. The molecule has 0 rings (SSSR count). The lowest BCUT2D eigenvalue weighted by Crippen LogP contribution is -2.26. The Bertz CT molecular complexity index is 184. The molecule has 0 aromatic heterocycles. The van der Waals surface area contributed by atoms with Crippen molar-refractivity contribution in [3.05, 3.63) is 0 Å². The Labute approximate surface area is 81.5 Å². The maximum Gasteiger partial charge on any atom is 0.261 e. The molecule has 2 unspecified atom stereocenters. The molecule has 1 amide bonds. The Morgan fingerprint density at radius 2 is 2.15 bits per heavy atom. The molecule has 0 fully saturated rings. The van der Waals surface area contributed by atoms with Crippen molar-refractivity contribution >= 4 is 17.2 Å². The van der Waals surface area contributed by atoms with Crippen LogP contribution in [0.2, 0.25) is 0 Å². The highest BCUT2D eigenvalue weighted by molar-refractivity contribution is 7.77. The van der Waals surface area contributed by atoms with Crippen molar-refractivity contribution in [1.29, 1.82) is 0 Å². The fraction of sp³-hybridized carbons (Fsp3) is 0.875. The van der Waals surface area contributed by atoms with Gasteiger partial charge in [-0.1, -0.05) is 33.1 Å². The topological polar surface area (TPSA) is 66.4 Å². The standard InChI is InChI=1S/C8H17NO3S/c1-3-5-7(4-2)6-8(10)9-13(11)12/h7H,3-6H2,1-2H3,(H,9,10)(H,11,12). The molecule has 2 N–H and O–H groups in total. The monoisotopic (exact) mass is 207 g/mol. The molecule has 0 aromatic carbocycles. The average molecular weight is 207 g/mol. The van der Waals surface area contributed by atoms with Crippen LogP contribution in [0, 0.1) is 5.92 Å². The van der Waals surface area contributed by atoms with Crippen molar-refractivity contribution in [1.82, 2.24) is 4.72 Å². The maximum absolute atomic E-state index is 11.0. The van der Waals surface area contributed by atoms with E-state index in [-0.39, 0.29) is 5.91 Å². The average Bonchev–Trinajstić information content (AvgIpc) is 2.02. The molecule has 13 heavy (non-hydrogen) atoms. The van der Waals surface area contributed by atoms with E-state index in [2.05, 4.69) is 6.92 Å². The van der Waals surface area contributed by atoms with Gasteiger partial charge in [-0.3, -0.25) is 14.1 Å². The van der Waals surface area contributed by atoms with E-state index >= 15 is 0 Å². The molecular formula is C8H17NO3S. The summed E-state index contributed by atoms with van der Waals surface area (Å²) in [4.78, 5) is 11.0. The van der Waals surface area contributed by atoms with Crippen molar-refractivity contribution in [3.8, 4) is 0 Å². The fourth-order valence-corrected chi connectivity index (χ4v) is 1.54. The van der Waals surface area contributed by atoms with Crippen molar-refractivity contribution < 1.29 is 13.6 Å². The number of amides is 1. The number of hydrogen-bond donors (Lipinski definition) is 2. The maximum atomic E-state index is 11.0. The van der Waals surface area contributed by atoms with Gasteiger partial charge in [0.05, 0.1) is 0 Å². The van der Waals surface area contributed by atoms with Crippen LogP contribution in [0.5, 0.6) is 0 Å². The second-order valence-corrected chi connectivity index (χ2v) is 3.74. The highest BCUT2D eigenvalue weighted by Gasteiger charge is 2.11. The van der Waals surface area contributed by atoms with Gasteiger partial charge in [0.1, 0.15) is 0 Å². The minimum Gasteiger partial charge on any atom is -0.289 e. The lowest BCUT2D eigenvalue weighted by atomic mass is 9.97. The Morgan fingerprint density at radius 1 is 1.54 bits per heavy atom. The van der Waals surface area contributed by atoms with Crippen molar-refractivity contribution in [2.75, 3.05) is 0 Å². The van der Waals surface area contributed by atoms with E-state index in [1.54, 1.807) is 0 Å². The summed E-state index contributed by atoms with van der Waals surface area (Å²) < 4.78 is 20.5. The highest BCUT2D eigenvalue weighted by Crippen LogP contribution is 2.14. The first-order valence-corrected chi connectivity index (χ1v) is 5.61. The molecule has 0 radical (unpaired) electrons. The summed E-state index contributed by atoms with van der Waals surface area (Å²) in [5, 5.41) is 0. The van der Waals surface area contributed by atoms with Crippen LogP contribution in [0.3, 0.4) is 0 Å². The third kappa shape index (κ3) is 6.72. The molecule has 5 heteroatoms. The third-order valence-electron chi connectivity index (χ3n) is 1.95. The second-order valence-electron chi connectivity index (χ2n) is 3.04. The van der Waals surface area contributed by atoms with E-state index in [1.807, 2.05) is 11.6 Å². The van der Waals surface area contributed by atoms with Gasteiger partial charge in [0.2, 0.25) is 5.91 Å². The van der Waals surface area contributed by atoms with E-state index in [9.17, 15) is 9.00 Å². The van der Waals surface area contributed by atoms with Crippen LogP contribution in [0.1, 0.15) is 39.5 Å². The van der Waals surface area contributed by atoms with Crippen LogP contribution in [-0.2, 0) is 16.1 Å². The molecule has 0 saturated carbocycles. The zero-order chi connectivity index (χ0) is 10.3. The molecule has 0 bridgehead atoms. The fourth-order valence-electron chi connectivity index (χ4n) is 1.26. The van der Waals surface area contributed by atoms with Gasteiger partial charge in [-0.2, -0.15) is 0 Å². The summed E-state index contributed by atoms with van der Waals surface area (Å²) in [5.41, 5.74) is 0. The van der Waals surface area contributed by atoms with Gasteiger partial charge in [0.15, 0.2) is 0 Å². The Kier molecular flexibility index (Phi) is 6.80. The number of hydrogen-bond acceptors (Lipinski definition) is 2. The first-order valence-electron chi connectivity index (χ1n) is 4.50. The number of carbonyl (C=O) groups is 1. The molecule has 0 aromatic rings. The van der Waals surface area contributed by atoms with Gasteiger partial charge >= 0.3 is 0 Å². The summed E-state index contributed by atoms with van der Waals surface area (Å²) in [6, 6.07) is 0. The van der Waals surface area contributed by atoms with E-state index in [0.717, 1.165) is 19.3 Å². The largest absolute Gasteiger partial charge is 0.289 e. The van der Waals surface area contributed by atoms with Crippen molar-refractivity contribution in [2.45, 2.75) is 39.5 Å². The first-order chi connectivity index (χ1) is 6.10. The highest BCUT2D eigenvalue weighted by atomic mass is 32.2. The zero-order valence-corrected chi connectivity index (χ0v) is 8.89. The van der Waals surface area contributed by atoms with Crippen molar-refractivity contribution in [3.63, 3.8) is 0 Å². The van der Waals surface area contributed by atoms with Gasteiger partial charge in [0, 0.05) is 6.42 Å². The van der Waals surface area contributed by atoms with Crippen LogP contribution in [0.15, 0.2) is 0 Å². The van der Waals surface area contributed by atoms with Gasteiger partial charge < -0.3 is 0 Å². The summed E-state index contributed by atoms with van der Waals surface area (Å²) in [6.07, 6.45) is 3.30. The molecule has 0 aliphatic carbocycles. The molecule has 2 atom stereocenters. The van der Waals surface area contributed by atoms with Gasteiger partial charge in [0.25, 0.3) is 11.3 Å². The summed E-state index contributed by atoms with van der Waals surface area (Å²) in [6.45, 7) is 4.08. The van der Waals surface area contributed by atoms with Crippen LogP contribution in [0.25, 0.3) is 0 Å². The Hall–Kier alpha value is -0.420. The van der Waals surface area contributed by atoms with Crippen LogP contribution in [-0.4, -0.2) is 14.7 Å². The minimum absolute atomic E-state index is 0.327. The van der Waals surface area contributed by atoms with Crippen LogP contribution >= 0.6 is 0 Å². The molecule has 4 nitrogen and oxygen atoms in total. The van der Waals surface area contributed by atoms with E-state index in [0.29, 0.717) is 12.3 Å².